The van der Waals surface area contributed by atoms with E-state index in [9.17, 15) is 13.6 Å². The third-order valence-corrected chi connectivity index (χ3v) is 4.14. The average Bonchev–Trinajstić information content (AvgIpc) is 2.63. The van der Waals surface area contributed by atoms with Crippen molar-refractivity contribution >= 4 is 18.3 Å². The SMILES string of the molecule is Cl.O=C(Cc1ccc(OC(F)F)cc1)N1CCNCC1c1cccnc1. The number of ether oxygens (including phenoxy) is 1. The molecule has 140 valence electrons. The minimum absolute atomic E-state index is 0. The molecule has 0 spiro atoms. The van der Waals surface area contributed by atoms with Gasteiger partial charge in [0, 0.05) is 32.0 Å². The van der Waals surface area contributed by atoms with Gasteiger partial charge in [0.25, 0.3) is 0 Å². The highest BCUT2D eigenvalue weighted by Crippen LogP contribution is 2.23. The summed E-state index contributed by atoms with van der Waals surface area (Å²) in [6, 6.07) is 9.93. The fourth-order valence-corrected chi connectivity index (χ4v) is 2.94. The van der Waals surface area contributed by atoms with Crippen LogP contribution in [-0.2, 0) is 11.2 Å². The van der Waals surface area contributed by atoms with E-state index in [1.807, 2.05) is 17.0 Å². The van der Waals surface area contributed by atoms with E-state index in [0.29, 0.717) is 13.1 Å². The molecular weight excluding hydrogens is 364 g/mol. The fraction of sp³-hybridized carbons (Fsp3) is 0.333. The highest BCUT2D eigenvalue weighted by molar-refractivity contribution is 5.85. The number of hydrogen-bond acceptors (Lipinski definition) is 4. The molecular formula is C18H20ClF2N3O2. The molecule has 8 heteroatoms. The Morgan fingerprint density at radius 2 is 2.08 bits per heavy atom. The maximum atomic E-state index is 12.7. The van der Waals surface area contributed by atoms with E-state index in [1.54, 1.807) is 24.5 Å². The third kappa shape index (κ3) is 5.12. The summed E-state index contributed by atoms with van der Waals surface area (Å²) in [5.74, 6) is 0.0829. The smallest absolute Gasteiger partial charge is 0.387 e. The standard InChI is InChI=1S/C18H19F2N3O2.ClH/c19-18(20)25-15-5-3-13(4-6-15)10-17(24)23-9-8-22-12-16(23)14-2-1-7-21-11-14;/h1-7,11,16,18,22H,8-10,12H2;1H. The normalized spacial score (nSPS) is 16.9. The molecule has 1 atom stereocenters. The van der Waals surface area contributed by atoms with Crippen LogP contribution in [0.4, 0.5) is 8.78 Å². The lowest BCUT2D eigenvalue weighted by molar-refractivity contribution is -0.133. The van der Waals surface area contributed by atoms with E-state index in [0.717, 1.165) is 17.7 Å². The Bertz CT molecular complexity index is 701. The van der Waals surface area contributed by atoms with Crippen LogP contribution in [0.15, 0.2) is 48.8 Å². The van der Waals surface area contributed by atoms with Crippen LogP contribution in [0.25, 0.3) is 0 Å². The number of rotatable bonds is 5. The molecule has 0 saturated carbocycles. The second kappa shape index (κ2) is 9.45. The first-order valence-corrected chi connectivity index (χ1v) is 8.07. The topological polar surface area (TPSA) is 54.5 Å². The lowest BCUT2D eigenvalue weighted by Gasteiger charge is -2.36. The van der Waals surface area contributed by atoms with Crippen LogP contribution in [0.1, 0.15) is 17.2 Å². The minimum atomic E-state index is -2.85. The second-order valence-electron chi connectivity index (χ2n) is 5.79. The zero-order valence-electron chi connectivity index (χ0n) is 14.0. The van der Waals surface area contributed by atoms with Gasteiger partial charge in [0.15, 0.2) is 0 Å². The average molecular weight is 384 g/mol. The molecule has 5 nitrogen and oxygen atoms in total. The van der Waals surface area contributed by atoms with Crippen molar-refractivity contribution in [3.63, 3.8) is 0 Å². The first-order valence-electron chi connectivity index (χ1n) is 8.07. The number of amides is 1. The van der Waals surface area contributed by atoms with Crippen molar-refractivity contribution < 1.29 is 18.3 Å². The Kier molecular flexibility index (Phi) is 7.29. The molecule has 26 heavy (non-hydrogen) atoms. The number of nitrogens with zero attached hydrogens (tertiary/aromatic N) is 2. The van der Waals surface area contributed by atoms with E-state index in [2.05, 4.69) is 15.0 Å². The first-order chi connectivity index (χ1) is 12.1. The highest BCUT2D eigenvalue weighted by Gasteiger charge is 2.27. The third-order valence-electron chi connectivity index (χ3n) is 4.14. The number of nitrogens with one attached hydrogen (secondary N) is 1. The molecule has 0 radical (unpaired) electrons. The molecule has 0 aliphatic carbocycles. The molecule has 2 heterocycles. The molecule has 1 fully saturated rings. The van der Waals surface area contributed by atoms with Crippen molar-refractivity contribution in [2.24, 2.45) is 0 Å². The molecule has 2 aromatic rings. The van der Waals surface area contributed by atoms with Crippen molar-refractivity contribution in [3.05, 3.63) is 59.9 Å². The number of alkyl halides is 2. The van der Waals surface area contributed by atoms with E-state index >= 15 is 0 Å². The van der Waals surface area contributed by atoms with Gasteiger partial charge in [0.2, 0.25) is 5.91 Å². The number of piperazine rings is 1. The summed E-state index contributed by atoms with van der Waals surface area (Å²) in [4.78, 5) is 18.7. The van der Waals surface area contributed by atoms with Gasteiger partial charge in [-0.1, -0.05) is 18.2 Å². The predicted molar refractivity (Wildman–Crippen MR) is 95.6 cm³/mol. The van der Waals surface area contributed by atoms with E-state index in [-0.39, 0.29) is 36.5 Å². The summed E-state index contributed by atoms with van der Waals surface area (Å²) in [5, 5.41) is 3.30. The molecule has 1 saturated heterocycles. The van der Waals surface area contributed by atoms with E-state index < -0.39 is 6.61 Å². The van der Waals surface area contributed by atoms with Gasteiger partial charge in [-0.25, -0.2) is 0 Å². The summed E-state index contributed by atoms with van der Waals surface area (Å²) in [5.41, 5.74) is 1.75. The summed E-state index contributed by atoms with van der Waals surface area (Å²) in [6.07, 6.45) is 3.69. The van der Waals surface area contributed by atoms with Crippen molar-refractivity contribution in [1.82, 2.24) is 15.2 Å². The highest BCUT2D eigenvalue weighted by atomic mass is 35.5. The van der Waals surface area contributed by atoms with Crippen LogP contribution in [0.3, 0.4) is 0 Å². The maximum Gasteiger partial charge on any atom is 0.387 e. The van der Waals surface area contributed by atoms with Crippen molar-refractivity contribution in [1.29, 1.82) is 0 Å². The Labute approximate surface area is 156 Å². The molecule has 3 rings (SSSR count). The quantitative estimate of drug-likeness (QED) is 0.862. The Morgan fingerprint density at radius 3 is 2.73 bits per heavy atom. The molecule has 1 aromatic heterocycles. The van der Waals surface area contributed by atoms with Gasteiger partial charge in [0.1, 0.15) is 5.75 Å². The minimum Gasteiger partial charge on any atom is -0.435 e. The van der Waals surface area contributed by atoms with Crippen LogP contribution < -0.4 is 10.1 Å². The summed E-state index contributed by atoms with van der Waals surface area (Å²) >= 11 is 0. The summed E-state index contributed by atoms with van der Waals surface area (Å²) in [6.45, 7) is -0.818. The predicted octanol–water partition coefficient (Wildman–Crippen LogP) is 2.82. The molecule has 1 N–H and O–H groups in total. The Hall–Kier alpha value is -2.25. The van der Waals surface area contributed by atoms with Gasteiger partial charge in [-0.3, -0.25) is 9.78 Å². The lowest BCUT2D eigenvalue weighted by atomic mass is 10.0. The molecule has 1 aliphatic rings. The number of benzene rings is 1. The zero-order valence-corrected chi connectivity index (χ0v) is 14.8. The zero-order chi connectivity index (χ0) is 17.6. The number of pyridine rings is 1. The second-order valence-corrected chi connectivity index (χ2v) is 5.79. The monoisotopic (exact) mass is 383 g/mol. The van der Waals surface area contributed by atoms with Crippen LogP contribution in [0, 0.1) is 0 Å². The van der Waals surface area contributed by atoms with Gasteiger partial charge in [0.05, 0.1) is 12.5 Å². The van der Waals surface area contributed by atoms with Crippen molar-refractivity contribution in [2.45, 2.75) is 19.1 Å². The summed E-state index contributed by atoms with van der Waals surface area (Å²) < 4.78 is 28.7. The molecule has 1 aliphatic heterocycles. The van der Waals surface area contributed by atoms with Gasteiger partial charge in [-0.05, 0) is 29.3 Å². The molecule has 0 bridgehead atoms. The number of halogens is 3. The lowest BCUT2D eigenvalue weighted by Crippen LogP contribution is -2.49. The van der Waals surface area contributed by atoms with Crippen LogP contribution in [0.5, 0.6) is 5.75 Å². The number of aromatic nitrogens is 1. The number of carbonyl (C=O) groups excluding carboxylic acids is 1. The van der Waals surface area contributed by atoms with Gasteiger partial charge >= 0.3 is 6.61 Å². The van der Waals surface area contributed by atoms with Gasteiger partial charge in [-0.2, -0.15) is 8.78 Å². The molecule has 1 amide bonds. The van der Waals surface area contributed by atoms with E-state index in [4.69, 9.17) is 0 Å². The molecule has 1 unspecified atom stereocenters. The Morgan fingerprint density at radius 1 is 1.31 bits per heavy atom. The fourth-order valence-electron chi connectivity index (χ4n) is 2.94. The van der Waals surface area contributed by atoms with E-state index in [1.165, 1.54) is 12.1 Å². The molecule has 1 aromatic carbocycles. The van der Waals surface area contributed by atoms with Crippen LogP contribution >= 0.6 is 12.4 Å². The van der Waals surface area contributed by atoms with Crippen molar-refractivity contribution in [3.8, 4) is 5.75 Å². The Balaban J connectivity index is 0.00000243. The van der Waals surface area contributed by atoms with Gasteiger partial charge in [-0.15, -0.1) is 12.4 Å². The van der Waals surface area contributed by atoms with Crippen LogP contribution in [0.2, 0.25) is 0 Å². The summed E-state index contributed by atoms with van der Waals surface area (Å²) in [7, 11) is 0. The van der Waals surface area contributed by atoms with Crippen LogP contribution in [-0.4, -0.2) is 42.0 Å². The maximum absolute atomic E-state index is 12.7. The van der Waals surface area contributed by atoms with Gasteiger partial charge < -0.3 is 15.0 Å². The largest absolute Gasteiger partial charge is 0.435 e. The first kappa shape index (κ1) is 20.1. The number of hydrogen-bond donors (Lipinski definition) is 1. The number of carbonyl (C=O) groups is 1. The van der Waals surface area contributed by atoms with Crippen molar-refractivity contribution in [2.75, 3.05) is 19.6 Å².